The van der Waals surface area contributed by atoms with E-state index in [9.17, 15) is 4.79 Å². The van der Waals surface area contributed by atoms with Gasteiger partial charge in [-0.1, -0.05) is 53.8 Å². The fourth-order valence-electron chi connectivity index (χ4n) is 2.73. The molecule has 4 rings (SSSR count). The minimum atomic E-state index is -0.744. The summed E-state index contributed by atoms with van der Waals surface area (Å²) in [6.45, 7) is 1.81. The van der Waals surface area contributed by atoms with Crippen LogP contribution in [0, 0.1) is 0 Å². The topological polar surface area (TPSA) is 73.3 Å². The summed E-state index contributed by atoms with van der Waals surface area (Å²) in [7, 11) is 0. The van der Waals surface area contributed by atoms with E-state index in [2.05, 4.69) is 15.5 Å². The van der Waals surface area contributed by atoms with E-state index in [-0.39, 0.29) is 5.91 Å². The first-order chi connectivity index (χ1) is 12.7. The number of hydrogen-bond acceptors (Lipinski definition) is 6. The van der Waals surface area contributed by atoms with Gasteiger partial charge >= 0.3 is 0 Å². The quantitative estimate of drug-likeness (QED) is 0.766. The summed E-state index contributed by atoms with van der Waals surface area (Å²) in [5.41, 5.74) is 1.15. The van der Waals surface area contributed by atoms with Gasteiger partial charge in [0.1, 0.15) is 11.1 Å². The summed E-state index contributed by atoms with van der Waals surface area (Å²) in [6.07, 6.45) is -0.464. The van der Waals surface area contributed by atoms with Crippen molar-refractivity contribution in [3.8, 4) is 11.5 Å². The standard InChI is InChI=1S/C19H17N3O3S/c1-12-17(25-15-10-6-5-9-14(15)24-12)18(23)20-19-22-21-16(26-19)11-13-7-3-2-4-8-13/h2-10,12,17H,11H2,1H3,(H,20,22,23)/t12-,17+/m1/s1. The van der Waals surface area contributed by atoms with Gasteiger partial charge < -0.3 is 9.47 Å². The van der Waals surface area contributed by atoms with E-state index in [0.29, 0.717) is 23.1 Å². The Bertz CT molecular complexity index is 913. The first-order valence-electron chi connectivity index (χ1n) is 8.28. The molecule has 2 atom stereocenters. The second-order valence-corrected chi connectivity index (χ2v) is 7.02. The number of aromatic nitrogens is 2. The molecule has 0 unspecified atom stereocenters. The van der Waals surface area contributed by atoms with Crippen LogP contribution in [-0.4, -0.2) is 28.3 Å². The molecule has 1 aliphatic rings. The Labute approximate surface area is 154 Å². The molecule has 1 aromatic heterocycles. The maximum absolute atomic E-state index is 12.6. The highest BCUT2D eigenvalue weighted by Gasteiger charge is 2.34. The van der Waals surface area contributed by atoms with Gasteiger partial charge in [0, 0.05) is 6.42 Å². The van der Waals surface area contributed by atoms with Crippen LogP contribution in [0.25, 0.3) is 0 Å². The van der Waals surface area contributed by atoms with Crippen LogP contribution in [0.3, 0.4) is 0 Å². The van der Waals surface area contributed by atoms with Gasteiger partial charge in [0.15, 0.2) is 11.5 Å². The smallest absolute Gasteiger partial charge is 0.271 e. The van der Waals surface area contributed by atoms with Gasteiger partial charge in [0.05, 0.1) is 0 Å². The van der Waals surface area contributed by atoms with Crippen molar-refractivity contribution in [2.45, 2.75) is 25.6 Å². The van der Waals surface area contributed by atoms with Gasteiger partial charge in [-0.2, -0.15) is 0 Å². The minimum Gasteiger partial charge on any atom is -0.482 e. The number of amides is 1. The average molecular weight is 367 g/mol. The predicted octanol–water partition coefficient (Wildman–Crippen LogP) is 3.30. The Morgan fingerprint density at radius 2 is 1.73 bits per heavy atom. The summed E-state index contributed by atoms with van der Waals surface area (Å²) in [5.74, 6) is 0.910. The number of fused-ring (bicyclic) bond motifs is 1. The normalized spacial score (nSPS) is 18.3. The lowest BCUT2D eigenvalue weighted by Crippen LogP contribution is -2.46. The van der Waals surface area contributed by atoms with Crippen molar-refractivity contribution in [3.05, 3.63) is 65.2 Å². The Hall–Kier alpha value is -2.93. The molecule has 0 bridgehead atoms. The van der Waals surface area contributed by atoms with Gasteiger partial charge in [-0.15, -0.1) is 10.2 Å². The van der Waals surface area contributed by atoms with E-state index >= 15 is 0 Å². The van der Waals surface area contributed by atoms with Crippen LogP contribution in [0.2, 0.25) is 0 Å². The van der Waals surface area contributed by atoms with Crippen molar-refractivity contribution >= 4 is 22.4 Å². The third-order valence-corrected chi connectivity index (χ3v) is 4.83. The lowest BCUT2D eigenvalue weighted by Gasteiger charge is -2.30. The molecular formula is C19H17N3O3S. The van der Waals surface area contributed by atoms with Gasteiger partial charge in [-0.05, 0) is 24.6 Å². The van der Waals surface area contributed by atoms with Crippen molar-refractivity contribution in [3.63, 3.8) is 0 Å². The maximum Gasteiger partial charge on any atom is 0.271 e. The molecule has 6 nitrogen and oxygen atoms in total. The first kappa shape index (κ1) is 16.5. The van der Waals surface area contributed by atoms with Crippen LogP contribution >= 0.6 is 11.3 Å². The first-order valence-corrected chi connectivity index (χ1v) is 9.10. The number of nitrogens with zero attached hydrogens (tertiary/aromatic N) is 2. The number of benzene rings is 2. The summed E-state index contributed by atoms with van der Waals surface area (Å²) in [4.78, 5) is 12.6. The maximum atomic E-state index is 12.6. The molecule has 1 aliphatic heterocycles. The molecule has 132 valence electrons. The molecule has 1 amide bonds. The lowest BCUT2D eigenvalue weighted by molar-refractivity contribution is -0.128. The number of carbonyl (C=O) groups is 1. The van der Waals surface area contributed by atoms with Crippen molar-refractivity contribution < 1.29 is 14.3 Å². The van der Waals surface area contributed by atoms with E-state index < -0.39 is 12.2 Å². The zero-order chi connectivity index (χ0) is 17.9. The fourth-order valence-corrected chi connectivity index (χ4v) is 3.51. The molecule has 26 heavy (non-hydrogen) atoms. The van der Waals surface area contributed by atoms with Crippen molar-refractivity contribution in [1.82, 2.24) is 10.2 Å². The molecule has 0 saturated carbocycles. The second-order valence-electron chi connectivity index (χ2n) is 5.96. The van der Waals surface area contributed by atoms with Crippen LogP contribution in [-0.2, 0) is 11.2 Å². The third kappa shape index (κ3) is 3.52. The molecule has 0 saturated heterocycles. The molecule has 0 fully saturated rings. The van der Waals surface area contributed by atoms with E-state index in [0.717, 1.165) is 10.6 Å². The third-order valence-electron chi connectivity index (χ3n) is 4.00. The zero-order valence-electron chi connectivity index (χ0n) is 14.1. The number of para-hydroxylation sites is 2. The largest absolute Gasteiger partial charge is 0.482 e. The number of nitrogens with one attached hydrogen (secondary N) is 1. The van der Waals surface area contributed by atoms with Crippen LogP contribution in [0.15, 0.2) is 54.6 Å². The molecule has 7 heteroatoms. The van der Waals surface area contributed by atoms with Crippen LogP contribution < -0.4 is 14.8 Å². The molecule has 1 N–H and O–H groups in total. The van der Waals surface area contributed by atoms with Gasteiger partial charge in [0.25, 0.3) is 5.91 Å². The van der Waals surface area contributed by atoms with Crippen LogP contribution in [0.5, 0.6) is 11.5 Å². The monoisotopic (exact) mass is 367 g/mol. The van der Waals surface area contributed by atoms with Crippen molar-refractivity contribution in [1.29, 1.82) is 0 Å². The van der Waals surface area contributed by atoms with Crippen molar-refractivity contribution in [2.75, 3.05) is 5.32 Å². The van der Waals surface area contributed by atoms with Crippen LogP contribution in [0.4, 0.5) is 5.13 Å². The van der Waals surface area contributed by atoms with E-state index in [1.54, 1.807) is 13.0 Å². The van der Waals surface area contributed by atoms with E-state index in [4.69, 9.17) is 9.47 Å². The number of rotatable bonds is 4. The summed E-state index contributed by atoms with van der Waals surface area (Å²) >= 11 is 1.36. The highest BCUT2D eigenvalue weighted by atomic mass is 32.1. The summed E-state index contributed by atoms with van der Waals surface area (Å²) in [5, 5.41) is 12.3. The molecule has 2 aromatic carbocycles. The molecular weight excluding hydrogens is 350 g/mol. The van der Waals surface area contributed by atoms with Crippen LogP contribution in [0.1, 0.15) is 17.5 Å². The Morgan fingerprint density at radius 1 is 1.04 bits per heavy atom. The van der Waals surface area contributed by atoms with Gasteiger partial charge in [-0.3, -0.25) is 10.1 Å². The fraction of sp³-hybridized carbons (Fsp3) is 0.211. The number of anilines is 1. The number of ether oxygens (including phenoxy) is 2. The number of carbonyl (C=O) groups excluding carboxylic acids is 1. The molecule has 0 spiro atoms. The molecule has 3 aromatic rings. The Morgan fingerprint density at radius 3 is 2.50 bits per heavy atom. The van der Waals surface area contributed by atoms with Crippen molar-refractivity contribution in [2.24, 2.45) is 0 Å². The van der Waals surface area contributed by atoms with E-state index in [1.807, 2.05) is 48.5 Å². The molecule has 0 radical (unpaired) electrons. The Kier molecular flexibility index (Phi) is 4.53. The highest BCUT2D eigenvalue weighted by molar-refractivity contribution is 7.15. The summed E-state index contributed by atoms with van der Waals surface area (Å²) < 4.78 is 11.6. The molecule has 2 heterocycles. The summed E-state index contributed by atoms with van der Waals surface area (Å²) in [6, 6.07) is 17.3. The van der Waals surface area contributed by atoms with Gasteiger partial charge in [0.2, 0.25) is 11.2 Å². The highest BCUT2D eigenvalue weighted by Crippen LogP contribution is 2.33. The Balaban J connectivity index is 1.42. The zero-order valence-corrected chi connectivity index (χ0v) is 14.9. The SMILES string of the molecule is C[C@H]1Oc2ccccc2O[C@@H]1C(=O)Nc1nnc(Cc2ccccc2)s1. The van der Waals surface area contributed by atoms with Gasteiger partial charge in [-0.25, -0.2) is 0 Å². The molecule has 0 aliphatic carbocycles. The minimum absolute atomic E-state index is 0.297. The average Bonchev–Trinajstić information content (AvgIpc) is 3.08. The predicted molar refractivity (Wildman–Crippen MR) is 98.7 cm³/mol. The second kappa shape index (κ2) is 7.13. The lowest BCUT2D eigenvalue weighted by atomic mass is 10.1. The van der Waals surface area contributed by atoms with E-state index in [1.165, 1.54) is 11.3 Å². The number of hydrogen-bond donors (Lipinski definition) is 1.